The number of anilines is 2. The van der Waals surface area contributed by atoms with Crippen molar-refractivity contribution in [2.45, 2.75) is 6.18 Å². The van der Waals surface area contributed by atoms with E-state index in [4.69, 9.17) is 26.1 Å². The lowest BCUT2D eigenvalue weighted by Crippen LogP contribution is -2.21. The number of nitrogens with two attached hydrogens (primary N) is 2. The fourth-order valence-electron chi connectivity index (χ4n) is 3.16. The Balaban J connectivity index is 0.000000339. The predicted octanol–water partition coefficient (Wildman–Crippen LogP) is 3.59. The summed E-state index contributed by atoms with van der Waals surface area (Å²) in [4.78, 5) is 17.4. The van der Waals surface area contributed by atoms with Gasteiger partial charge < -0.3 is 25.9 Å². The Morgan fingerprint density at radius 1 is 1.13 bits per heavy atom. The fourth-order valence-corrected chi connectivity index (χ4v) is 3.16. The molecule has 4 aromatic rings. The molecule has 0 aliphatic rings. The van der Waals surface area contributed by atoms with Crippen LogP contribution in [0.15, 0.2) is 42.6 Å². The lowest BCUT2D eigenvalue weighted by Gasteiger charge is -2.11. The Morgan fingerprint density at radius 3 is 2.29 bits per heavy atom. The Bertz CT molecular complexity index is 1270. The number of aryl methyl sites for hydroxylation is 1. The van der Waals surface area contributed by atoms with E-state index in [9.17, 15) is 13.2 Å². The lowest BCUT2D eigenvalue weighted by molar-refractivity contribution is -0.192. The average Bonchev–Trinajstić information content (AvgIpc) is 3.08. The summed E-state index contributed by atoms with van der Waals surface area (Å²) < 4.78 is 39.1. The first-order chi connectivity index (χ1) is 14.5. The first-order valence-electron chi connectivity index (χ1n) is 8.78. The van der Waals surface area contributed by atoms with E-state index < -0.39 is 12.1 Å². The number of carbonyl (C=O) groups is 1. The van der Waals surface area contributed by atoms with Crippen LogP contribution in [0, 0.1) is 0 Å². The largest absolute Gasteiger partial charge is 0.497 e. The molecule has 2 aromatic carbocycles. The molecule has 0 aliphatic heterocycles. The number of alkyl halides is 3. The van der Waals surface area contributed by atoms with Crippen molar-refractivity contribution in [3.8, 4) is 16.9 Å². The molecule has 0 unspecified atom stereocenters. The minimum atomic E-state index is -5.08. The van der Waals surface area contributed by atoms with Crippen LogP contribution in [-0.4, -0.2) is 38.9 Å². The van der Waals surface area contributed by atoms with Gasteiger partial charge in [0.2, 0.25) is 5.95 Å². The van der Waals surface area contributed by atoms with E-state index >= 15 is 0 Å². The van der Waals surface area contributed by atoms with Crippen molar-refractivity contribution >= 4 is 39.5 Å². The van der Waals surface area contributed by atoms with Crippen molar-refractivity contribution in [1.29, 1.82) is 0 Å². The molecule has 2 heterocycles. The first kappa shape index (κ1) is 21.7. The molecule has 0 spiro atoms. The van der Waals surface area contributed by atoms with Crippen molar-refractivity contribution in [2.24, 2.45) is 7.05 Å². The molecule has 0 bridgehead atoms. The van der Waals surface area contributed by atoms with Crippen LogP contribution in [-0.2, 0) is 11.8 Å². The number of rotatable bonds is 2. The molecule has 0 saturated carbocycles. The summed E-state index contributed by atoms with van der Waals surface area (Å²) in [5.41, 5.74) is 15.8. The van der Waals surface area contributed by atoms with Crippen LogP contribution >= 0.6 is 0 Å². The van der Waals surface area contributed by atoms with Crippen molar-refractivity contribution in [3.05, 3.63) is 42.6 Å². The second-order valence-electron chi connectivity index (χ2n) is 6.51. The molecule has 2 aromatic heterocycles. The molecular formula is C20H18F3N5O3. The van der Waals surface area contributed by atoms with Gasteiger partial charge in [-0.3, -0.25) is 0 Å². The van der Waals surface area contributed by atoms with E-state index in [0.29, 0.717) is 5.82 Å². The topological polar surface area (TPSA) is 129 Å². The van der Waals surface area contributed by atoms with Gasteiger partial charge in [0.05, 0.1) is 23.5 Å². The SMILES string of the molecule is COc1ccc(-c2cc3nc(N)nc(N)c3c3ccn(C)c23)cc1.O=C(O)C(F)(F)F. The van der Waals surface area contributed by atoms with Crippen LogP contribution in [0.3, 0.4) is 0 Å². The number of hydrogen-bond donors (Lipinski definition) is 3. The maximum Gasteiger partial charge on any atom is 0.490 e. The van der Waals surface area contributed by atoms with Gasteiger partial charge >= 0.3 is 12.1 Å². The quantitative estimate of drug-likeness (QED) is 0.440. The maximum absolute atomic E-state index is 10.6. The third kappa shape index (κ3) is 4.29. The summed E-state index contributed by atoms with van der Waals surface area (Å²) in [6.07, 6.45) is -3.08. The number of aromatic nitrogens is 3. The zero-order valence-corrected chi connectivity index (χ0v) is 16.4. The number of nitrogen functional groups attached to an aromatic ring is 2. The number of nitrogens with zero attached hydrogens (tertiary/aromatic N) is 3. The number of halogens is 3. The highest BCUT2D eigenvalue weighted by Gasteiger charge is 2.38. The Morgan fingerprint density at radius 2 is 1.74 bits per heavy atom. The Hall–Kier alpha value is -4.02. The third-order valence-electron chi connectivity index (χ3n) is 4.50. The van der Waals surface area contributed by atoms with E-state index in [2.05, 4.69) is 14.5 Å². The molecule has 8 nitrogen and oxygen atoms in total. The fraction of sp³-hybridized carbons (Fsp3) is 0.150. The third-order valence-corrected chi connectivity index (χ3v) is 4.50. The Labute approximate surface area is 173 Å². The van der Waals surface area contributed by atoms with Crippen LogP contribution < -0.4 is 16.2 Å². The van der Waals surface area contributed by atoms with E-state index in [1.54, 1.807) is 7.11 Å². The minimum absolute atomic E-state index is 0.177. The molecule has 0 atom stereocenters. The molecule has 0 radical (unpaired) electrons. The van der Waals surface area contributed by atoms with E-state index in [-0.39, 0.29) is 5.95 Å². The summed E-state index contributed by atoms with van der Waals surface area (Å²) in [6, 6.07) is 12.0. The second-order valence-corrected chi connectivity index (χ2v) is 6.51. The number of carboxylic acids is 1. The summed E-state index contributed by atoms with van der Waals surface area (Å²) in [5.74, 6) is -1.36. The zero-order valence-electron chi connectivity index (χ0n) is 16.4. The second kappa shape index (κ2) is 8.01. The maximum atomic E-state index is 10.6. The van der Waals surface area contributed by atoms with Crippen LogP contribution in [0.5, 0.6) is 5.75 Å². The molecule has 4 rings (SSSR count). The summed E-state index contributed by atoms with van der Waals surface area (Å²) in [5, 5.41) is 8.97. The van der Waals surface area contributed by atoms with Crippen molar-refractivity contribution in [3.63, 3.8) is 0 Å². The molecule has 0 saturated heterocycles. The number of fused-ring (bicyclic) bond motifs is 3. The number of hydrogen-bond acceptors (Lipinski definition) is 6. The standard InChI is InChI=1S/C18H17N5O.C2HF3O2/c1-23-8-7-12-15-14(21-18(20)22-17(15)19)9-13(16(12)23)10-3-5-11(24-2)6-4-10;3-2(4,5)1(6)7/h3-9H,1-2H3,(H4,19,20,21,22);(H,6,7). The molecule has 162 valence electrons. The number of aliphatic carboxylic acids is 1. The summed E-state index contributed by atoms with van der Waals surface area (Å²) in [6.45, 7) is 0. The summed E-state index contributed by atoms with van der Waals surface area (Å²) >= 11 is 0. The van der Waals surface area contributed by atoms with Gasteiger partial charge in [-0.05, 0) is 29.8 Å². The average molecular weight is 433 g/mol. The highest BCUT2D eigenvalue weighted by Crippen LogP contribution is 2.37. The smallest absolute Gasteiger partial charge is 0.490 e. The minimum Gasteiger partial charge on any atom is -0.497 e. The lowest BCUT2D eigenvalue weighted by atomic mass is 9.99. The highest BCUT2D eigenvalue weighted by atomic mass is 19.4. The van der Waals surface area contributed by atoms with Gasteiger partial charge in [0.15, 0.2) is 0 Å². The predicted molar refractivity (Wildman–Crippen MR) is 111 cm³/mol. The number of benzene rings is 2. The molecule has 5 N–H and O–H groups in total. The van der Waals surface area contributed by atoms with Crippen molar-refractivity contribution < 1.29 is 27.8 Å². The van der Waals surface area contributed by atoms with Crippen LogP contribution in [0.2, 0.25) is 0 Å². The number of ether oxygens (including phenoxy) is 1. The normalized spacial score (nSPS) is 11.3. The van der Waals surface area contributed by atoms with Gasteiger partial charge in [0.25, 0.3) is 0 Å². The van der Waals surface area contributed by atoms with Crippen LogP contribution in [0.4, 0.5) is 24.9 Å². The van der Waals surface area contributed by atoms with Gasteiger partial charge in [-0.1, -0.05) is 12.1 Å². The zero-order chi connectivity index (χ0) is 22.9. The van der Waals surface area contributed by atoms with Crippen LogP contribution in [0.25, 0.3) is 32.9 Å². The highest BCUT2D eigenvalue weighted by molar-refractivity contribution is 6.15. The molecule has 11 heteroatoms. The first-order valence-corrected chi connectivity index (χ1v) is 8.78. The van der Waals surface area contributed by atoms with Gasteiger partial charge in [-0.15, -0.1) is 0 Å². The van der Waals surface area contributed by atoms with Crippen LogP contribution in [0.1, 0.15) is 0 Å². The van der Waals surface area contributed by atoms with Gasteiger partial charge in [0.1, 0.15) is 11.6 Å². The van der Waals surface area contributed by atoms with Gasteiger partial charge in [-0.25, -0.2) is 9.78 Å². The Kier molecular flexibility index (Phi) is 5.60. The van der Waals surface area contributed by atoms with E-state index in [1.165, 1.54) is 0 Å². The van der Waals surface area contributed by atoms with Gasteiger partial charge in [0, 0.05) is 24.2 Å². The number of methoxy groups -OCH3 is 1. The van der Waals surface area contributed by atoms with E-state index in [0.717, 1.165) is 38.7 Å². The monoisotopic (exact) mass is 433 g/mol. The molecule has 31 heavy (non-hydrogen) atoms. The number of carboxylic acid groups (broad SMARTS) is 1. The van der Waals surface area contributed by atoms with Crippen molar-refractivity contribution in [2.75, 3.05) is 18.6 Å². The van der Waals surface area contributed by atoms with Gasteiger partial charge in [-0.2, -0.15) is 18.2 Å². The summed E-state index contributed by atoms with van der Waals surface area (Å²) in [7, 11) is 3.67. The molecule has 0 aliphatic carbocycles. The van der Waals surface area contributed by atoms with E-state index in [1.807, 2.05) is 49.6 Å². The molecular weight excluding hydrogens is 415 g/mol. The molecule has 0 amide bonds. The molecule has 0 fully saturated rings. The van der Waals surface area contributed by atoms with Crippen molar-refractivity contribution in [1.82, 2.24) is 14.5 Å².